The molecule has 0 saturated heterocycles. The van der Waals surface area contributed by atoms with Gasteiger partial charge in [0.15, 0.2) is 0 Å². The van der Waals surface area contributed by atoms with Crippen LogP contribution in [0.5, 0.6) is 0 Å². The molecule has 2 rings (SSSR count). The number of hydrogen-bond donors (Lipinski definition) is 1. The van der Waals surface area contributed by atoms with Crippen molar-refractivity contribution in [2.45, 2.75) is 6.61 Å². The van der Waals surface area contributed by atoms with Gasteiger partial charge < -0.3 is 5.11 Å². The topological polar surface area (TPSA) is 46.0 Å². The van der Waals surface area contributed by atoms with E-state index in [2.05, 4.69) is 9.97 Å². The maximum absolute atomic E-state index is 8.84. The van der Waals surface area contributed by atoms with Crippen molar-refractivity contribution in [3.05, 3.63) is 34.4 Å². The van der Waals surface area contributed by atoms with Crippen molar-refractivity contribution in [3.8, 4) is 10.7 Å². The van der Waals surface area contributed by atoms with E-state index in [4.69, 9.17) is 16.7 Å². The third-order valence-electron chi connectivity index (χ3n) is 1.66. The quantitative estimate of drug-likeness (QED) is 0.855. The molecule has 0 aliphatic heterocycles. The van der Waals surface area contributed by atoms with Crippen LogP contribution in [-0.2, 0) is 6.61 Å². The highest BCUT2D eigenvalue weighted by molar-refractivity contribution is 7.13. The Labute approximate surface area is 90.0 Å². The fraction of sp³-hybridized carbons (Fsp3) is 0.111. The van der Waals surface area contributed by atoms with E-state index >= 15 is 0 Å². The SMILES string of the molecule is OCc1csc(-c2ccc(Cl)cn2)n1. The van der Waals surface area contributed by atoms with Crippen molar-refractivity contribution in [3.63, 3.8) is 0 Å². The first kappa shape index (κ1) is 9.58. The van der Waals surface area contributed by atoms with Crippen LogP contribution in [0.15, 0.2) is 23.7 Å². The fourth-order valence-corrected chi connectivity index (χ4v) is 1.90. The molecule has 0 saturated carbocycles. The second-order valence-corrected chi connectivity index (χ2v) is 3.96. The van der Waals surface area contributed by atoms with Crippen LogP contribution in [0.2, 0.25) is 5.02 Å². The van der Waals surface area contributed by atoms with Gasteiger partial charge in [0.25, 0.3) is 0 Å². The molecule has 0 aliphatic carbocycles. The minimum atomic E-state index is -0.0376. The summed E-state index contributed by atoms with van der Waals surface area (Å²) in [5.41, 5.74) is 1.45. The molecule has 0 bridgehead atoms. The maximum Gasteiger partial charge on any atom is 0.142 e. The van der Waals surface area contributed by atoms with E-state index in [-0.39, 0.29) is 6.61 Å². The molecule has 14 heavy (non-hydrogen) atoms. The van der Waals surface area contributed by atoms with E-state index in [1.54, 1.807) is 12.3 Å². The van der Waals surface area contributed by atoms with E-state index in [1.807, 2.05) is 11.4 Å². The van der Waals surface area contributed by atoms with Crippen molar-refractivity contribution in [1.82, 2.24) is 9.97 Å². The number of nitrogens with zero attached hydrogens (tertiary/aromatic N) is 2. The number of aliphatic hydroxyl groups is 1. The molecule has 2 heterocycles. The summed E-state index contributed by atoms with van der Waals surface area (Å²) >= 11 is 7.17. The molecule has 3 nitrogen and oxygen atoms in total. The van der Waals surface area contributed by atoms with Crippen LogP contribution in [-0.4, -0.2) is 15.1 Å². The molecule has 72 valence electrons. The Morgan fingerprint density at radius 3 is 2.86 bits per heavy atom. The molecule has 2 aromatic heterocycles. The van der Waals surface area contributed by atoms with Gasteiger partial charge in [0.1, 0.15) is 5.01 Å². The molecular weight excluding hydrogens is 220 g/mol. The highest BCUT2D eigenvalue weighted by Gasteiger charge is 2.04. The average Bonchev–Trinajstić information content (AvgIpc) is 2.67. The molecule has 2 aromatic rings. The third-order valence-corrected chi connectivity index (χ3v) is 2.80. The highest BCUT2D eigenvalue weighted by Crippen LogP contribution is 2.22. The number of rotatable bonds is 2. The molecule has 0 aliphatic rings. The standard InChI is InChI=1S/C9H7ClN2OS/c10-6-1-2-8(11-3-6)9-12-7(4-13)5-14-9/h1-3,5,13H,4H2. The lowest BCUT2D eigenvalue weighted by Gasteiger charge is -1.94. The highest BCUT2D eigenvalue weighted by atomic mass is 35.5. The number of aromatic nitrogens is 2. The number of pyridine rings is 1. The number of thiazole rings is 1. The number of aliphatic hydroxyl groups excluding tert-OH is 1. The van der Waals surface area contributed by atoms with Crippen LogP contribution < -0.4 is 0 Å². The molecule has 0 spiro atoms. The summed E-state index contributed by atoms with van der Waals surface area (Å²) in [7, 11) is 0. The smallest absolute Gasteiger partial charge is 0.142 e. The maximum atomic E-state index is 8.84. The largest absolute Gasteiger partial charge is 0.390 e. The monoisotopic (exact) mass is 226 g/mol. The molecule has 0 unspecified atom stereocenters. The first-order valence-corrected chi connectivity index (χ1v) is 5.22. The van der Waals surface area contributed by atoms with Crippen LogP contribution in [0.25, 0.3) is 10.7 Å². The van der Waals surface area contributed by atoms with Crippen LogP contribution in [0, 0.1) is 0 Å². The van der Waals surface area contributed by atoms with Gasteiger partial charge in [0.05, 0.1) is 23.0 Å². The molecule has 0 atom stereocenters. The molecular formula is C9H7ClN2OS. The lowest BCUT2D eigenvalue weighted by molar-refractivity contribution is 0.278. The minimum Gasteiger partial charge on any atom is -0.390 e. The zero-order chi connectivity index (χ0) is 9.97. The van der Waals surface area contributed by atoms with E-state index in [0.717, 1.165) is 10.7 Å². The predicted octanol–water partition coefficient (Wildman–Crippen LogP) is 2.35. The van der Waals surface area contributed by atoms with Crippen molar-refractivity contribution in [1.29, 1.82) is 0 Å². The normalized spacial score (nSPS) is 10.4. The molecule has 0 aromatic carbocycles. The summed E-state index contributed by atoms with van der Waals surface area (Å²) in [6.07, 6.45) is 1.58. The summed E-state index contributed by atoms with van der Waals surface area (Å²) < 4.78 is 0. The first-order valence-electron chi connectivity index (χ1n) is 3.97. The second kappa shape index (κ2) is 4.04. The first-order chi connectivity index (χ1) is 6.79. The average molecular weight is 227 g/mol. The van der Waals surface area contributed by atoms with Gasteiger partial charge in [-0.05, 0) is 12.1 Å². The molecule has 0 radical (unpaired) electrons. The summed E-state index contributed by atoms with van der Waals surface area (Å²) in [5.74, 6) is 0. The molecule has 0 fully saturated rings. The zero-order valence-corrected chi connectivity index (χ0v) is 8.72. The van der Waals surface area contributed by atoms with Gasteiger partial charge in [-0.2, -0.15) is 0 Å². The molecule has 1 N–H and O–H groups in total. The Kier molecular flexibility index (Phi) is 2.77. The number of halogens is 1. The van der Waals surface area contributed by atoms with Gasteiger partial charge in [-0.25, -0.2) is 4.98 Å². The van der Waals surface area contributed by atoms with Crippen molar-refractivity contribution in [2.24, 2.45) is 0 Å². The Balaban J connectivity index is 2.34. The molecule has 0 amide bonds. The van der Waals surface area contributed by atoms with Crippen LogP contribution >= 0.6 is 22.9 Å². The number of hydrogen-bond acceptors (Lipinski definition) is 4. The van der Waals surface area contributed by atoms with Gasteiger partial charge in [0, 0.05) is 11.6 Å². The minimum absolute atomic E-state index is 0.0376. The predicted molar refractivity (Wildman–Crippen MR) is 56.3 cm³/mol. The summed E-state index contributed by atoms with van der Waals surface area (Å²) in [6, 6.07) is 3.58. The summed E-state index contributed by atoms with van der Waals surface area (Å²) in [5, 5.41) is 12.1. The Morgan fingerprint density at radius 1 is 1.43 bits per heavy atom. The van der Waals surface area contributed by atoms with E-state index in [1.165, 1.54) is 11.3 Å². The fourth-order valence-electron chi connectivity index (χ4n) is 1.000. The van der Waals surface area contributed by atoms with Crippen molar-refractivity contribution in [2.75, 3.05) is 0 Å². The lowest BCUT2D eigenvalue weighted by atomic mass is 10.4. The molecule has 5 heteroatoms. The second-order valence-electron chi connectivity index (χ2n) is 2.66. The lowest BCUT2D eigenvalue weighted by Crippen LogP contribution is -1.84. The van der Waals surface area contributed by atoms with Gasteiger partial charge >= 0.3 is 0 Å². The third kappa shape index (κ3) is 1.92. The van der Waals surface area contributed by atoms with Crippen molar-refractivity contribution < 1.29 is 5.11 Å². The van der Waals surface area contributed by atoms with Crippen LogP contribution in [0.1, 0.15) is 5.69 Å². The summed E-state index contributed by atoms with van der Waals surface area (Å²) in [6.45, 7) is -0.0376. The summed E-state index contributed by atoms with van der Waals surface area (Å²) in [4.78, 5) is 8.32. The van der Waals surface area contributed by atoms with E-state index in [0.29, 0.717) is 10.7 Å². The van der Waals surface area contributed by atoms with Gasteiger partial charge in [-0.3, -0.25) is 4.98 Å². The van der Waals surface area contributed by atoms with Crippen molar-refractivity contribution >= 4 is 22.9 Å². The van der Waals surface area contributed by atoms with Crippen LogP contribution in [0.3, 0.4) is 0 Å². The van der Waals surface area contributed by atoms with E-state index < -0.39 is 0 Å². The van der Waals surface area contributed by atoms with Crippen LogP contribution in [0.4, 0.5) is 0 Å². The van der Waals surface area contributed by atoms with E-state index in [9.17, 15) is 0 Å². The van der Waals surface area contributed by atoms with Gasteiger partial charge in [0.2, 0.25) is 0 Å². The Bertz CT molecular complexity index is 427. The Hall–Kier alpha value is -0.970. The van der Waals surface area contributed by atoms with Gasteiger partial charge in [-0.1, -0.05) is 11.6 Å². The van der Waals surface area contributed by atoms with Gasteiger partial charge in [-0.15, -0.1) is 11.3 Å². The zero-order valence-electron chi connectivity index (χ0n) is 7.14. The Morgan fingerprint density at radius 2 is 2.29 bits per heavy atom.